The summed E-state index contributed by atoms with van der Waals surface area (Å²) in [6.45, 7) is 0. The Labute approximate surface area is 190 Å². The summed E-state index contributed by atoms with van der Waals surface area (Å²) < 4.78 is 5.16. The monoisotopic (exact) mass is 442 g/mol. The van der Waals surface area contributed by atoms with Crippen molar-refractivity contribution in [1.29, 1.82) is 0 Å². The molecule has 0 radical (unpaired) electrons. The Hall–Kier alpha value is -4.66. The van der Waals surface area contributed by atoms with E-state index in [1.807, 2.05) is 24.3 Å². The molecule has 0 aliphatic heterocycles. The number of fused-ring (bicyclic) bond motifs is 1. The van der Waals surface area contributed by atoms with E-state index >= 15 is 0 Å². The van der Waals surface area contributed by atoms with Gasteiger partial charge in [0.25, 0.3) is 5.91 Å². The summed E-state index contributed by atoms with van der Waals surface area (Å²) in [5.74, 6) is 0.868. The third kappa shape index (κ3) is 5.16. The molecule has 166 valence electrons. The van der Waals surface area contributed by atoms with Crippen molar-refractivity contribution in [3.8, 4) is 5.75 Å². The maximum absolute atomic E-state index is 12.3. The lowest BCUT2D eigenvalue weighted by molar-refractivity contribution is 0.0953. The molecule has 4 N–H and O–H groups in total. The number of hydrogen-bond donors (Lipinski definition) is 4. The van der Waals surface area contributed by atoms with E-state index in [1.54, 1.807) is 55.6 Å². The molecular weight excluding hydrogens is 420 g/mol. The number of benzene rings is 3. The van der Waals surface area contributed by atoms with Gasteiger partial charge in [0.2, 0.25) is 5.82 Å². The van der Waals surface area contributed by atoms with E-state index in [2.05, 4.69) is 31.2 Å². The number of aromatic nitrogens is 2. The molecule has 0 unspecified atom stereocenters. The molecule has 4 rings (SSSR count). The Bertz CT molecular complexity index is 1310. The number of nitrogens with one attached hydrogen (secondary N) is 4. The predicted octanol–water partition coefficient (Wildman–Crippen LogP) is 4.39. The number of ether oxygens (including phenoxy) is 1. The van der Waals surface area contributed by atoms with E-state index in [0.29, 0.717) is 28.5 Å². The Morgan fingerprint density at radius 1 is 0.818 bits per heavy atom. The Kier molecular flexibility index (Phi) is 6.31. The van der Waals surface area contributed by atoms with Crippen molar-refractivity contribution in [2.24, 2.45) is 0 Å². The van der Waals surface area contributed by atoms with Crippen LogP contribution in [0.25, 0.3) is 10.9 Å². The molecule has 1 aromatic heterocycles. The quantitative estimate of drug-likeness (QED) is 0.352. The van der Waals surface area contributed by atoms with Crippen LogP contribution < -0.4 is 26.0 Å². The van der Waals surface area contributed by atoms with Gasteiger partial charge in [0.05, 0.1) is 12.6 Å². The van der Waals surface area contributed by atoms with Crippen LogP contribution in [0.1, 0.15) is 10.6 Å². The van der Waals surface area contributed by atoms with Gasteiger partial charge in [0.1, 0.15) is 11.6 Å². The third-order valence-electron chi connectivity index (χ3n) is 4.77. The second-order valence-corrected chi connectivity index (χ2v) is 7.01. The molecule has 0 atom stereocenters. The number of carbonyl (C=O) groups is 2. The van der Waals surface area contributed by atoms with Gasteiger partial charge in [-0.15, -0.1) is 0 Å². The van der Waals surface area contributed by atoms with Crippen molar-refractivity contribution in [2.75, 3.05) is 30.1 Å². The molecule has 0 aliphatic carbocycles. The van der Waals surface area contributed by atoms with E-state index in [-0.39, 0.29) is 17.8 Å². The Balaban J connectivity index is 1.48. The van der Waals surface area contributed by atoms with Crippen molar-refractivity contribution in [1.82, 2.24) is 15.3 Å². The van der Waals surface area contributed by atoms with Crippen LogP contribution in [0, 0.1) is 0 Å². The van der Waals surface area contributed by atoms with E-state index < -0.39 is 0 Å². The topological polar surface area (TPSA) is 117 Å². The fraction of sp³-hybridized carbons (Fsp3) is 0.0833. The summed E-state index contributed by atoms with van der Waals surface area (Å²) in [6, 6.07) is 21.3. The van der Waals surface area contributed by atoms with Gasteiger partial charge in [0.15, 0.2) is 0 Å². The first kappa shape index (κ1) is 21.6. The molecule has 0 aliphatic rings. The number of nitrogens with zero attached hydrogens (tertiary/aromatic N) is 2. The van der Waals surface area contributed by atoms with Crippen LogP contribution in [-0.2, 0) is 0 Å². The van der Waals surface area contributed by atoms with Crippen LogP contribution in [0.2, 0.25) is 0 Å². The molecule has 3 amide bonds. The number of rotatable bonds is 6. The summed E-state index contributed by atoms with van der Waals surface area (Å²) in [4.78, 5) is 33.0. The number of carbonyl (C=O) groups excluding carboxylic acids is 2. The second kappa shape index (κ2) is 9.65. The van der Waals surface area contributed by atoms with Gasteiger partial charge in [-0.25, -0.2) is 14.8 Å². The Morgan fingerprint density at radius 2 is 1.55 bits per heavy atom. The van der Waals surface area contributed by atoms with E-state index in [4.69, 9.17) is 4.74 Å². The molecule has 0 saturated heterocycles. The van der Waals surface area contributed by atoms with Gasteiger partial charge in [-0.2, -0.15) is 0 Å². The van der Waals surface area contributed by atoms with Crippen molar-refractivity contribution in [2.45, 2.75) is 0 Å². The summed E-state index contributed by atoms with van der Waals surface area (Å²) in [5, 5.41) is 12.1. The highest BCUT2D eigenvalue weighted by Gasteiger charge is 2.13. The van der Waals surface area contributed by atoms with Gasteiger partial charge in [0, 0.05) is 35.6 Å². The van der Waals surface area contributed by atoms with Crippen LogP contribution in [0.3, 0.4) is 0 Å². The third-order valence-corrected chi connectivity index (χ3v) is 4.77. The molecule has 0 bridgehead atoms. The first-order chi connectivity index (χ1) is 16.1. The number of hydrogen-bond acceptors (Lipinski definition) is 6. The van der Waals surface area contributed by atoms with Gasteiger partial charge < -0.3 is 26.0 Å². The average molecular weight is 442 g/mol. The van der Waals surface area contributed by atoms with Crippen molar-refractivity contribution in [3.63, 3.8) is 0 Å². The summed E-state index contributed by atoms with van der Waals surface area (Å²) in [5.41, 5.74) is 2.62. The first-order valence-corrected chi connectivity index (χ1v) is 10.1. The van der Waals surface area contributed by atoms with Crippen LogP contribution in [0.15, 0.2) is 72.8 Å². The van der Waals surface area contributed by atoms with E-state index in [9.17, 15) is 9.59 Å². The van der Waals surface area contributed by atoms with Crippen molar-refractivity contribution < 1.29 is 14.3 Å². The van der Waals surface area contributed by atoms with Crippen LogP contribution in [0.4, 0.5) is 27.7 Å². The van der Waals surface area contributed by atoms with Crippen molar-refractivity contribution in [3.05, 3.63) is 78.6 Å². The molecule has 4 aromatic rings. The maximum Gasteiger partial charge on any atom is 0.323 e. The average Bonchev–Trinajstić information content (AvgIpc) is 2.84. The molecule has 1 heterocycles. The molecule has 0 saturated carbocycles. The minimum Gasteiger partial charge on any atom is -0.497 e. The predicted molar refractivity (Wildman–Crippen MR) is 128 cm³/mol. The lowest BCUT2D eigenvalue weighted by Gasteiger charge is -2.12. The maximum atomic E-state index is 12.3. The fourth-order valence-corrected chi connectivity index (χ4v) is 3.15. The van der Waals surface area contributed by atoms with Gasteiger partial charge in [-0.3, -0.25) is 4.79 Å². The SMILES string of the molecule is CNC(=O)c1nc(Nc2ccc(NC(=O)Nc3cccc(OC)c3)cc2)c2ccccc2n1. The number of para-hydroxylation sites is 1. The minimum absolute atomic E-state index is 0.0752. The fourth-order valence-electron chi connectivity index (χ4n) is 3.15. The second-order valence-electron chi connectivity index (χ2n) is 7.01. The molecule has 33 heavy (non-hydrogen) atoms. The highest BCUT2D eigenvalue weighted by atomic mass is 16.5. The Morgan fingerprint density at radius 3 is 2.30 bits per heavy atom. The number of methoxy groups -OCH3 is 1. The smallest absolute Gasteiger partial charge is 0.323 e. The summed E-state index contributed by atoms with van der Waals surface area (Å²) >= 11 is 0. The molecule has 9 nitrogen and oxygen atoms in total. The lowest BCUT2D eigenvalue weighted by atomic mass is 10.2. The molecule has 0 fully saturated rings. The van der Waals surface area contributed by atoms with Gasteiger partial charge in [-0.05, 0) is 48.5 Å². The molecular formula is C24H22N6O3. The van der Waals surface area contributed by atoms with Crippen LogP contribution in [-0.4, -0.2) is 36.1 Å². The standard InChI is InChI=1S/C24H22N6O3/c1-25-23(31)22-29-20-9-4-3-8-19(20)21(30-22)26-15-10-12-16(13-11-15)27-24(32)28-17-6-5-7-18(14-17)33-2/h3-14H,1-2H3,(H,25,31)(H,26,29,30)(H2,27,28,32). The molecule has 9 heteroatoms. The molecule has 0 spiro atoms. The lowest BCUT2D eigenvalue weighted by Crippen LogP contribution is -2.21. The van der Waals surface area contributed by atoms with Gasteiger partial charge in [-0.1, -0.05) is 18.2 Å². The number of anilines is 4. The molecule has 3 aromatic carbocycles. The summed E-state index contributed by atoms with van der Waals surface area (Å²) in [7, 11) is 3.10. The number of urea groups is 1. The van der Waals surface area contributed by atoms with Crippen LogP contribution in [0.5, 0.6) is 5.75 Å². The minimum atomic E-state index is -0.374. The zero-order valence-corrected chi connectivity index (χ0v) is 18.0. The zero-order chi connectivity index (χ0) is 23.2. The number of amides is 3. The zero-order valence-electron chi connectivity index (χ0n) is 18.0. The first-order valence-electron chi connectivity index (χ1n) is 10.1. The highest BCUT2D eigenvalue weighted by molar-refractivity contribution is 6.00. The normalized spacial score (nSPS) is 10.4. The van der Waals surface area contributed by atoms with Gasteiger partial charge >= 0.3 is 6.03 Å². The highest BCUT2D eigenvalue weighted by Crippen LogP contribution is 2.25. The van der Waals surface area contributed by atoms with E-state index in [0.717, 1.165) is 11.1 Å². The van der Waals surface area contributed by atoms with Crippen molar-refractivity contribution >= 4 is 45.7 Å². The van der Waals surface area contributed by atoms with E-state index in [1.165, 1.54) is 7.05 Å². The summed E-state index contributed by atoms with van der Waals surface area (Å²) in [6.07, 6.45) is 0. The van der Waals surface area contributed by atoms with Crippen LogP contribution >= 0.6 is 0 Å². The largest absolute Gasteiger partial charge is 0.497 e.